The molecule has 22 heavy (non-hydrogen) atoms. The Bertz CT molecular complexity index is 539. The molecule has 1 fully saturated rings. The third kappa shape index (κ3) is 1.77. The maximum Gasteiger partial charge on any atom is 0.409 e. The van der Waals surface area contributed by atoms with Gasteiger partial charge in [0.1, 0.15) is 0 Å². The van der Waals surface area contributed by atoms with Crippen LogP contribution in [-0.2, 0) is 23.9 Å². The molecule has 1 aliphatic heterocycles. The van der Waals surface area contributed by atoms with E-state index in [0.717, 1.165) is 6.92 Å². The first kappa shape index (κ1) is 17.2. The van der Waals surface area contributed by atoms with Crippen LogP contribution in [0.2, 0.25) is 0 Å². The molecule has 0 spiro atoms. The first-order valence-electron chi connectivity index (χ1n) is 5.57. The zero-order valence-electron chi connectivity index (χ0n) is 10.9. The van der Waals surface area contributed by atoms with E-state index in [1.54, 1.807) is 0 Å². The molecular formula is C10H11NO11. The van der Waals surface area contributed by atoms with Crippen LogP contribution in [0.3, 0.4) is 0 Å². The lowest BCUT2D eigenvalue weighted by molar-refractivity contribution is -0.236. The lowest BCUT2D eigenvalue weighted by Crippen LogP contribution is -2.83. The molecule has 122 valence electrons. The first-order chi connectivity index (χ1) is 9.97. The molecule has 12 nitrogen and oxygen atoms in total. The molecule has 0 saturated carbocycles. The SMILES string of the molecule is CC1COC(C(=O)O)(C(=O)O)C(C(=O)O)(C(=O)O)N1C(=O)O. The molecule has 0 aliphatic carbocycles. The summed E-state index contributed by atoms with van der Waals surface area (Å²) in [5, 5.41) is 45.8. The summed E-state index contributed by atoms with van der Waals surface area (Å²) in [6.07, 6.45) is -2.12. The molecule has 1 saturated heterocycles. The van der Waals surface area contributed by atoms with Crippen molar-refractivity contribution in [2.24, 2.45) is 0 Å². The Balaban J connectivity index is 3.95. The average molecular weight is 321 g/mol. The molecule has 0 aromatic heterocycles. The second kappa shape index (κ2) is 5.14. The topological polar surface area (TPSA) is 199 Å². The van der Waals surface area contributed by atoms with Crippen LogP contribution in [0.15, 0.2) is 0 Å². The predicted molar refractivity (Wildman–Crippen MR) is 61.3 cm³/mol. The molecule has 0 aromatic carbocycles. The van der Waals surface area contributed by atoms with E-state index < -0.39 is 53.8 Å². The van der Waals surface area contributed by atoms with Crippen LogP contribution >= 0.6 is 0 Å². The van der Waals surface area contributed by atoms with E-state index in [2.05, 4.69) is 4.74 Å². The second-order valence-corrected chi connectivity index (χ2v) is 4.42. The number of nitrogens with zero attached hydrogens (tertiary/aromatic N) is 1. The quantitative estimate of drug-likeness (QED) is 0.366. The lowest BCUT2D eigenvalue weighted by Gasteiger charge is -2.49. The minimum absolute atomic E-state index is 0.247. The van der Waals surface area contributed by atoms with Gasteiger partial charge in [0, 0.05) is 0 Å². The van der Waals surface area contributed by atoms with Gasteiger partial charge < -0.3 is 30.3 Å². The smallest absolute Gasteiger partial charge is 0.409 e. The minimum atomic E-state index is -3.91. The van der Waals surface area contributed by atoms with Crippen molar-refractivity contribution >= 4 is 30.0 Å². The highest BCUT2D eigenvalue weighted by molar-refractivity contribution is 6.20. The van der Waals surface area contributed by atoms with E-state index in [0.29, 0.717) is 0 Å². The Morgan fingerprint density at radius 3 is 1.59 bits per heavy atom. The van der Waals surface area contributed by atoms with Crippen LogP contribution in [-0.4, -0.2) is 84.2 Å². The predicted octanol–water partition coefficient (Wildman–Crippen LogP) is -1.80. The van der Waals surface area contributed by atoms with E-state index in [1.807, 2.05) is 0 Å². The maximum atomic E-state index is 11.5. The zero-order chi connectivity index (χ0) is 17.5. The van der Waals surface area contributed by atoms with Crippen LogP contribution in [0.25, 0.3) is 0 Å². The molecule has 1 aliphatic rings. The standard InChI is InChI=1S/C10H11NO11/c1-3-2-22-10(6(16)17,7(18)19)9(4(12)13,5(14)15)11(3)8(20)21/h3H,2H2,1H3,(H,12,13)(H,14,15)(H,16,17)(H,18,19)(H,20,21). The highest BCUT2D eigenvalue weighted by atomic mass is 16.6. The molecule has 5 N–H and O–H groups in total. The van der Waals surface area contributed by atoms with Crippen LogP contribution < -0.4 is 0 Å². The van der Waals surface area contributed by atoms with Gasteiger partial charge in [-0.15, -0.1) is 0 Å². The Morgan fingerprint density at radius 2 is 1.32 bits per heavy atom. The Labute approximate surface area is 121 Å². The van der Waals surface area contributed by atoms with Crippen LogP contribution in [0.4, 0.5) is 4.79 Å². The van der Waals surface area contributed by atoms with Crippen molar-refractivity contribution in [3.05, 3.63) is 0 Å². The summed E-state index contributed by atoms with van der Waals surface area (Å²) in [4.78, 5) is 56.8. The van der Waals surface area contributed by atoms with Crippen molar-refractivity contribution in [3.8, 4) is 0 Å². The number of carboxylic acids is 4. The van der Waals surface area contributed by atoms with Gasteiger partial charge in [0.2, 0.25) is 0 Å². The van der Waals surface area contributed by atoms with E-state index in [9.17, 15) is 34.2 Å². The third-order valence-corrected chi connectivity index (χ3v) is 3.28. The number of amides is 1. The van der Waals surface area contributed by atoms with Crippen molar-refractivity contribution in [3.63, 3.8) is 0 Å². The molecule has 1 amide bonds. The normalized spacial score (nSPS) is 22.6. The largest absolute Gasteiger partial charge is 0.479 e. The summed E-state index contributed by atoms with van der Waals surface area (Å²) >= 11 is 0. The summed E-state index contributed by atoms with van der Waals surface area (Å²) in [5.41, 5.74) is -7.76. The van der Waals surface area contributed by atoms with Gasteiger partial charge in [0.25, 0.3) is 5.54 Å². The van der Waals surface area contributed by atoms with Crippen molar-refractivity contribution < 1.29 is 54.2 Å². The van der Waals surface area contributed by atoms with Gasteiger partial charge in [-0.1, -0.05) is 0 Å². The number of morpholine rings is 1. The molecular weight excluding hydrogens is 310 g/mol. The number of hydrogen-bond donors (Lipinski definition) is 5. The van der Waals surface area contributed by atoms with Gasteiger partial charge in [-0.05, 0) is 6.92 Å². The van der Waals surface area contributed by atoms with E-state index >= 15 is 0 Å². The zero-order valence-corrected chi connectivity index (χ0v) is 10.9. The highest BCUT2D eigenvalue weighted by Gasteiger charge is 2.80. The number of ether oxygens (including phenoxy) is 1. The molecule has 0 bridgehead atoms. The van der Waals surface area contributed by atoms with Gasteiger partial charge in [-0.3, -0.25) is 4.90 Å². The minimum Gasteiger partial charge on any atom is -0.479 e. The summed E-state index contributed by atoms with van der Waals surface area (Å²) in [6.45, 7) is 0.218. The monoisotopic (exact) mass is 321 g/mol. The number of rotatable bonds is 4. The van der Waals surface area contributed by atoms with Crippen LogP contribution in [0, 0.1) is 0 Å². The van der Waals surface area contributed by atoms with Crippen molar-refractivity contribution in [1.82, 2.24) is 4.90 Å². The molecule has 1 heterocycles. The summed E-state index contributed by atoms with van der Waals surface area (Å²) in [6, 6.07) is -1.42. The fourth-order valence-electron chi connectivity index (χ4n) is 2.38. The lowest BCUT2D eigenvalue weighted by atomic mass is 9.75. The van der Waals surface area contributed by atoms with Gasteiger partial charge in [-0.2, -0.15) is 0 Å². The van der Waals surface area contributed by atoms with Crippen molar-refractivity contribution in [2.45, 2.75) is 24.1 Å². The third-order valence-electron chi connectivity index (χ3n) is 3.28. The van der Waals surface area contributed by atoms with Crippen LogP contribution in [0.1, 0.15) is 6.92 Å². The average Bonchev–Trinajstić information content (AvgIpc) is 2.35. The number of carboxylic acid groups (broad SMARTS) is 5. The summed E-state index contributed by atoms with van der Waals surface area (Å²) < 4.78 is 4.55. The second-order valence-electron chi connectivity index (χ2n) is 4.42. The van der Waals surface area contributed by atoms with E-state index in [1.165, 1.54) is 0 Å². The Kier molecular flexibility index (Phi) is 4.01. The first-order valence-corrected chi connectivity index (χ1v) is 5.57. The molecule has 12 heteroatoms. The maximum absolute atomic E-state index is 11.5. The highest BCUT2D eigenvalue weighted by Crippen LogP contribution is 2.40. The number of aliphatic carboxylic acids is 4. The van der Waals surface area contributed by atoms with Crippen molar-refractivity contribution in [2.75, 3.05) is 6.61 Å². The van der Waals surface area contributed by atoms with Crippen molar-refractivity contribution in [1.29, 1.82) is 0 Å². The summed E-state index contributed by atoms with van der Waals surface area (Å²) in [5.74, 6) is -9.91. The van der Waals surface area contributed by atoms with Gasteiger partial charge in [-0.25, -0.2) is 24.0 Å². The van der Waals surface area contributed by atoms with Gasteiger partial charge in [0.15, 0.2) is 0 Å². The molecule has 1 rings (SSSR count). The molecule has 0 radical (unpaired) electrons. The fourth-order valence-corrected chi connectivity index (χ4v) is 2.38. The molecule has 1 unspecified atom stereocenters. The Morgan fingerprint density at radius 1 is 0.909 bits per heavy atom. The van der Waals surface area contributed by atoms with E-state index in [4.69, 9.17) is 15.3 Å². The summed E-state index contributed by atoms with van der Waals surface area (Å²) in [7, 11) is 0. The number of carbonyl (C=O) groups is 5. The number of hydrogen-bond acceptors (Lipinski definition) is 6. The Hall–Kier alpha value is -2.89. The van der Waals surface area contributed by atoms with Crippen LogP contribution in [0.5, 0.6) is 0 Å². The van der Waals surface area contributed by atoms with Gasteiger partial charge in [0.05, 0.1) is 12.6 Å². The van der Waals surface area contributed by atoms with E-state index in [-0.39, 0.29) is 4.90 Å². The molecule has 0 aromatic rings. The molecule has 1 atom stereocenters. The fraction of sp³-hybridized carbons (Fsp3) is 0.500. The van der Waals surface area contributed by atoms with Gasteiger partial charge >= 0.3 is 35.6 Å².